The summed E-state index contributed by atoms with van der Waals surface area (Å²) in [5.41, 5.74) is 5.94. The number of thiocarbonyl (C=S) groups is 1. The Labute approximate surface area is 121 Å². The molecule has 1 saturated heterocycles. The quantitative estimate of drug-likeness (QED) is 0.869. The molecule has 1 unspecified atom stereocenters. The summed E-state index contributed by atoms with van der Waals surface area (Å²) in [6.07, 6.45) is -2.26. The first-order valence-electron chi connectivity index (χ1n) is 6.54. The molecular formula is C14H17F3N2S. The monoisotopic (exact) mass is 302 g/mol. The van der Waals surface area contributed by atoms with Crippen LogP contribution in [0.25, 0.3) is 0 Å². The SMILES string of the molecule is NC(=S)C1CCCN(Cc2ccc(C(F)(F)F)cc2)C1. The van der Waals surface area contributed by atoms with E-state index >= 15 is 0 Å². The van der Waals surface area contributed by atoms with E-state index in [-0.39, 0.29) is 5.92 Å². The van der Waals surface area contributed by atoms with Gasteiger partial charge < -0.3 is 5.73 Å². The Balaban J connectivity index is 1.98. The molecule has 0 saturated carbocycles. The van der Waals surface area contributed by atoms with Crippen LogP contribution in [-0.2, 0) is 12.7 Å². The molecule has 2 rings (SSSR count). The Kier molecular flexibility index (Phi) is 4.65. The van der Waals surface area contributed by atoms with Crippen LogP contribution >= 0.6 is 12.2 Å². The lowest BCUT2D eigenvalue weighted by Crippen LogP contribution is -2.39. The van der Waals surface area contributed by atoms with Crippen LogP contribution in [0.1, 0.15) is 24.0 Å². The van der Waals surface area contributed by atoms with Gasteiger partial charge >= 0.3 is 6.18 Å². The number of nitrogens with two attached hydrogens (primary N) is 1. The first kappa shape index (κ1) is 15.3. The van der Waals surface area contributed by atoms with Gasteiger partial charge in [-0.3, -0.25) is 4.90 Å². The fourth-order valence-electron chi connectivity index (χ4n) is 2.49. The van der Waals surface area contributed by atoms with Gasteiger partial charge in [-0.05, 0) is 37.1 Å². The molecule has 110 valence electrons. The van der Waals surface area contributed by atoms with Gasteiger partial charge in [0, 0.05) is 19.0 Å². The molecule has 1 aliphatic rings. The Morgan fingerprint density at radius 1 is 1.30 bits per heavy atom. The van der Waals surface area contributed by atoms with Crippen LogP contribution in [0.15, 0.2) is 24.3 Å². The van der Waals surface area contributed by atoms with E-state index in [0.717, 1.165) is 43.6 Å². The Morgan fingerprint density at radius 3 is 2.50 bits per heavy atom. The number of benzene rings is 1. The molecule has 1 aromatic rings. The second-order valence-electron chi connectivity index (χ2n) is 5.17. The van der Waals surface area contributed by atoms with E-state index < -0.39 is 11.7 Å². The molecule has 0 aromatic heterocycles. The highest BCUT2D eigenvalue weighted by Crippen LogP contribution is 2.29. The minimum atomic E-state index is -4.28. The number of halogens is 3. The topological polar surface area (TPSA) is 29.3 Å². The summed E-state index contributed by atoms with van der Waals surface area (Å²) in [7, 11) is 0. The average Bonchev–Trinajstić information content (AvgIpc) is 2.38. The number of alkyl halides is 3. The van der Waals surface area contributed by atoms with E-state index in [1.807, 2.05) is 0 Å². The van der Waals surface area contributed by atoms with E-state index in [4.69, 9.17) is 18.0 Å². The first-order valence-corrected chi connectivity index (χ1v) is 6.95. The zero-order valence-electron chi connectivity index (χ0n) is 11.0. The van der Waals surface area contributed by atoms with E-state index in [0.29, 0.717) is 11.5 Å². The van der Waals surface area contributed by atoms with Gasteiger partial charge in [-0.1, -0.05) is 24.4 Å². The summed E-state index contributed by atoms with van der Waals surface area (Å²) >= 11 is 5.02. The summed E-state index contributed by atoms with van der Waals surface area (Å²) in [4.78, 5) is 2.72. The predicted molar refractivity (Wildman–Crippen MR) is 76.2 cm³/mol. The van der Waals surface area contributed by atoms with Crippen molar-refractivity contribution in [1.29, 1.82) is 0 Å². The molecule has 1 heterocycles. The zero-order valence-corrected chi connectivity index (χ0v) is 11.8. The van der Waals surface area contributed by atoms with Crippen molar-refractivity contribution < 1.29 is 13.2 Å². The summed E-state index contributed by atoms with van der Waals surface area (Å²) in [5, 5.41) is 0. The Morgan fingerprint density at radius 2 is 1.95 bits per heavy atom. The highest BCUT2D eigenvalue weighted by molar-refractivity contribution is 7.80. The molecule has 2 nitrogen and oxygen atoms in total. The second-order valence-corrected chi connectivity index (χ2v) is 5.64. The maximum Gasteiger partial charge on any atom is 0.416 e. The van der Waals surface area contributed by atoms with Crippen LogP contribution in [0, 0.1) is 5.92 Å². The maximum atomic E-state index is 12.5. The van der Waals surface area contributed by atoms with Gasteiger partial charge in [0.05, 0.1) is 10.6 Å². The number of nitrogens with zero attached hydrogens (tertiary/aromatic N) is 1. The number of rotatable bonds is 3. The van der Waals surface area contributed by atoms with Crippen molar-refractivity contribution >= 4 is 17.2 Å². The third-order valence-corrected chi connectivity index (χ3v) is 3.93. The van der Waals surface area contributed by atoms with Crippen molar-refractivity contribution in [2.75, 3.05) is 13.1 Å². The molecule has 1 aliphatic heterocycles. The van der Waals surface area contributed by atoms with Gasteiger partial charge in [0.1, 0.15) is 0 Å². The second kappa shape index (κ2) is 6.10. The lowest BCUT2D eigenvalue weighted by Gasteiger charge is -2.32. The molecule has 1 atom stereocenters. The molecule has 1 aromatic carbocycles. The van der Waals surface area contributed by atoms with Crippen molar-refractivity contribution in [3.63, 3.8) is 0 Å². The highest BCUT2D eigenvalue weighted by atomic mass is 32.1. The third-order valence-electron chi connectivity index (χ3n) is 3.60. The van der Waals surface area contributed by atoms with Gasteiger partial charge in [-0.2, -0.15) is 13.2 Å². The van der Waals surface area contributed by atoms with Crippen LogP contribution in [0.3, 0.4) is 0 Å². The van der Waals surface area contributed by atoms with Gasteiger partial charge in [0.25, 0.3) is 0 Å². The fourth-order valence-corrected chi connectivity index (χ4v) is 2.68. The predicted octanol–water partition coefficient (Wildman–Crippen LogP) is 3.20. The normalized spacial score (nSPS) is 20.9. The number of hydrogen-bond acceptors (Lipinski definition) is 2. The Hall–Kier alpha value is -1.14. The molecule has 0 amide bonds. The van der Waals surface area contributed by atoms with E-state index in [1.54, 1.807) is 0 Å². The largest absolute Gasteiger partial charge is 0.416 e. The molecule has 0 aliphatic carbocycles. The molecule has 1 fully saturated rings. The van der Waals surface area contributed by atoms with Gasteiger partial charge in [-0.25, -0.2) is 0 Å². The van der Waals surface area contributed by atoms with Gasteiger partial charge in [0.15, 0.2) is 0 Å². The average molecular weight is 302 g/mol. The van der Waals surface area contributed by atoms with E-state index in [9.17, 15) is 13.2 Å². The molecule has 20 heavy (non-hydrogen) atoms. The van der Waals surface area contributed by atoms with Crippen molar-refractivity contribution in [1.82, 2.24) is 4.90 Å². The smallest absolute Gasteiger partial charge is 0.393 e. The molecular weight excluding hydrogens is 285 g/mol. The van der Waals surface area contributed by atoms with Crippen molar-refractivity contribution in [2.24, 2.45) is 11.7 Å². The van der Waals surface area contributed by atoms with Crippen LogP contribution in [0.2, 0.25) is 0 Å². The summed E-state index contributed by atoms with van der Waals surface area (Å²) in [6.45, 7) is 2.35. The highest BCUT2D eigenvalue weighted by Gasteiger charge is 2.30. The fraction of sp³-hybridized carbons (Fsp3) is 0.500. The maximum absolute atomic E-state index is 12.5. The summed E-state index contributed by atoms with van der Waals surface area (Å²) < 4.78 is 37.4. The number of likely N-dealkylation sites (tertiary alicyclic amines) is 1. The van der Waals surface area contributed by atoms with Crippen LogP contribution < -0.4 is 5.73 Å². The minimum absolute atomic E-state index is 0.216. The molecule has 2 N–H and O–H groups in total. The van der Waals surface area contributed by atoms with Crippen molar-refractivity contribution in [3.8, 4) is 0 Å². The van der Waals surface area contributed by atoms with Gasteiger partial charge in [0.2, 0.25) is 0 Å². The van der Waals surface area contributed by atoms with Crippen LogP contribution in [-0.4, -0.2) is 23.0 Å². The lowest BCUT2D eigenvalue weighted by atomic mass is 9.97. The molecule has 0 bridgehead atoms. The van der Waals surface area contributed by atoms with Crippen molar-refractivity contribution in [2.45, 2.75) is 25.6 Å². The number of hydrogen-bond donors (Lipinski definition) is 1. The zero-order chi connectivity index (χ0) is 14.8. The molecule has 0 spiro atoms. The van der Waals surface area contributed by atoms with Gasteiger partial charge in [-0.15, -0.1) is 0 Å². The summed E-state index contributed by atoms with van der Waals surface area (Å²) in [5.74, 6) is 0.216. The van der Waals surface area contributed by atoms with Crippen LogP contribution in [0.5, 0.6) is 0 Å². The summed E-state index contributed by atoms with van der Waals surface area (Å²) in [6, 6.07) is 5.33. The minimum Gasteiger partial charge on any atom is -0.393 e. The number of piperidine rings is 1. The molecule has 6 heteroatoms. The lowest BCUT2D eigenvalue weighted by molar-refractivity contribution is -0.137. The van der Waals surface area contributed by atoms with Crippen molar-refractivity contribution in [3.05, 3.63) is 35.4 Å². The third kappa shape index (κ3) is 3.93. The standard InChI is InChI=1S/C14H17F3N2S/c15-14(16,17)12-5-3-10(4-6-12)8-19-7-1-2-11(9-19)13(18)20/h3-6,11H,1-2,7-9H2,(H2,18,20). The Bertz CT molecular complexity index is 470. The van der Waals surface area contributed by atoms with E-state index in [2.05, 4.69) is 4.90 Å². The first-order chi connectivity index (χ1) is 9.36. The van der Waals surface area contributed by atoms with Crippen LogP contribution in [0.4, 0.5) is 13.2 Å². The van der Waals surface area contributed by atoms with E-state index in [1.165, 1.54) is 12.1 Å². The molecule has 0 radical (unpaired) electrons.